The summed E-state index contributed by atoms with van der Waals surface area (Å²) in [4.78, 5) is 21.8. The van der Waals surface area contributed by atoms with E-state index < -0.39 is 5.82 Å². The molecule has 1 aliphatic rings. The van der Waals surface area contributed by atoms with Crippen LogP contribution in [0.5, 0.6) is 5.75 Å². The molecule has 0 spiro atoms. The Labute approximate surface area is 98.6 Å². The highest BCUT2D eigenvalue weighted by atomic mass is 19.1. The second-order valence-electron chi connectivity index (χ2n) is 4.21. The average molecular weight is 236 g/mol. The summed E-state index contributed by atoms with van der Waals surface area (Å²) in [6, 6.07) is 3.85. The first-order valence-electron chi connectivity index (χ1n) is 5.61. The lowest BCUT2D eigenvalue weighted by Gasteiger charge is -2.22. The molecule has 1 aromatic carbocycles. The van der Waals surface area contributed by atoms with Crippen LogP contribution in [-0.2, 0) is 4.79 Å². The number of benzene rings is 1. The van der Waals surface area contributed by atoms with Crippen molar-refractivity contribution < 1.29 is 18.7 Å². The molecule has 1 atom stereocenters. The van der Waals surface area contributed by atoms with Gasteiger partial charge in [-0.2, -0.15) is 0 Å². The van der Waals surface area contributed by atoms with Crippen molar-refractivity contribution in [2.45, 2.75) is 31.8 Å². The summed E-state index contributed by atoms with van der Waals surface area (Å²) in [5.41, 5.74) is 0.238. The number of Topliss-reactive ketones (excluding diaryl/α,β-unsaturated/α-hetero) is 1. The molecule has 0 aliphatic heterocycles. The van der Waals surface area contributed by atoms with Crippen molar-refractivity contribution in [3.05, 3.63) is 29.6 Å². The standard InChI is InChI=1S/C13H13FO3/c14-10-4-9(8-15)5-13(6-10)17-12-3-1-2-11(16)7-12/h4-6,8,12H,1-3,7H2. The van der Waals surface area contributed by atoms with Gasteiger partial charge in [0.25, 0.3) is 0 Å². The van der Waals surface area contributed by atoms with Gasteiger partial charge in [-0.15, -0.1) is 0 Å². The van der Waals surface area contributed by atoms with E-state index in [0.29, 0.717) is 24.9 Å². The quantitative estimate of drug-likeness (QED) is 0.757. The number of rotatable bonds is 3. The number of hydrogen-bond acceptors (Lipinski definition) is 3. The lowest BCUT2D eigenvalue weighted by molar-refractivity contribution is -0.122. The van der Waals surface area contributed by atoms with Crippen LogP contribution in [0.1, 0.15) is 36.0 Å². The molecule has 1 unspecified atom stereocenters. The second-order valence-corrected chi connectivity index (χ2v) is 4.21. The topological polar surface area (TPSA) is 43.4 Å². The van der Waals surface area contributed by atoms with E-state index in [1.165, 1.54) is 12.1 Å². The molecule has 0 N–H and O–H groups in total. The van der Waals surface area contributed by atoms with Gasteiger partial charge >= 0.3 is 0 Å². The number of carbonyl (C=O) groups excluding carboxylic acids is 2. The Morgan fingerprint density at radius 3 is 2.88 bits per heavy atom. The molecule has 1 aliphatic carbocycles. The molecule has 0 saturated heterocycles. The molecule has 4 heteroatoms. The van der Waals surface area contributed by atoms with Crippen LogP contribution >= 0.6 is 0 Å². The molecular weight excluding hydrogens is 223 g/mol. The predicted octanol–water partition coefficient (Wildman–Crippen LogP) is 2.53. The van der Waals surface area contributed by atoms with Crippen molar-refractivity contribution in [1.82, 2.24) is 0 Å². The number of carbonyl (C=O) groups is 2. The minimum Gasteiger partial charge on any atom is -0.490 e. The first kappa shape index (κ1) is 11.8. The average Bonchev–Trinajstić information content (AvgIpc) is 2.28. The Kier molecular flexibility index (Phi) is 3.52. The van der Waals surface area contributed by atoms with E-state index in [1.54, 1.807) is 0 Å². The smallest absolute Gasteiger partial charge is 0.150 e. The highest BCUT2D eigenvalue weighted by Crippen LogP contribution is 2.23. The molecular formula is C13H13FO3. The number of ketones is 1. The Morgan fingerprint density at radius 2 is 2.18 bits per heavy atom. The molecule has 1 aromatic rings. The van der Waals surface area contributed by atoms with Crippen LogP contribution in [0.2, 0.25) is 0 Å². The van der Waals surface area contributed by atoms with Gasteiger partial charge in [-0.25, -0.2) is 4.39 Å². The molecule has 0 bridgehead atoms. The van der Waals surface area contributed by atoms with Crippen LogP contribution in [0.15, 0.2) is 18.2 Å². The molecule has 0 radical (unpaired) electrons. The molecule has 0 amide bonds. The van der Waals surface area contributed by atoms with Crippen LogP contribution in [-0.4, -0.2) is 18.2 Å². The van der Waals surface area contributed by atoms with Crippen LogP contribution in [0.25, 0.3) is 0 Å². The third-order valence-corrected chi connectivity index (χ3v) is 2.77. The largest absolute Gasteiger partial charge is 0.490 e. The van der Waals surface area contributed by atoms with Gasteiger partial charge in [-0.3, -0.25) is 9.59 Å². The van der Waals surface area contributed by atoms with Crippen molar-refractivity contribution in [3.8, 4) is 5.75 Å². The lowest BCUT2D eigenvalue weighted by atomic mass is 9.96. The van der Waals surface area contributed by atoms with Gasteiger partial charge < -0.3 is 4.74 Å². The lowest BCUT2D eigenvalue weighted by Crippen LogP contribution is -2.25. The minimum atomic E-state index is -0.508. The fourth-order valence-electron chi connectivity index (χ4n) is 2.00. The summed E-state index contributed by atoms with van der Waals surface area (Å²) >= 11 is 0. The fourth-order valence-corrected chi connectivity index (χ4v) is 2.00. The van der Waals surface area contributed by atoms with Crippen LogP contribution in [0, 0.1) is 5.82 Å². The summed E-state index contributed by atoms with van der Waals surface area (Å²) in [5.74, 6) is -0.0215. The maximum Gasteiger partial charge on any atom is 0.150 e. The number of aldehydes is 1. The zero-order valence-electron chi connectivity index (χ0n) is 9.32. The van der Waals surface area contributed by atoms with Crippen molar-refractivity contribution in [3.63, 3.8) is 0 Å². The summed E-state index contributed by atoms with van der Waals surface area (Å²) in [6.07, 6.45) is 2.94. The van der Waals surface area contributed by atoms with Crippen molar-refractivity contribution in [1.29, 1.82) is 0 Å². The van der Waals surface area contributed by atoms with Crippen molar-refractivity contribution in [2.75, 3.05) is 0 Å². The van der Waals surface area contributed by atoms with Gasteiger partial charge in [0.05, 0.1) is 0 Å². The van der Waals surface area contributed by atoms with E-state index >= 15 is 0 Å². The third kappa shape index (κ3) is 3.12. The van der Waals surface area contributed by atoms with E-state index in [-0.39, 0.29) is 17.5 Å². The van der Waals surface area contributed by atoms with E-state index in [0.717, 1.165) is 18.9 Å². The minimum absolute atomic E-state index is 0.174. The SMILES string of the molecule is O=Cc1cc(F)cc(OC2CCCC(=O)C2)c1. The van der Waals surface area contributed by atoms with Gasteiger partial charge in [0.1, 0.15) is 29.7 Å². The molecule has 90 valence electrons. The normalized spacial score (nSPS) is 20.1. The van der Waals surface area contributed by atoms with E-state index in [2.05, 4.69) is 0 Å². The molecule has 1 fully saturated rings. The van der Waals surface area contributed by atoms with Gasteiger partial charge in [0, 0.05) is 24.5 Å². The maximum atomic E-state index is 13.1. The van der Waals surface area contributed by atoms with Crippen molar-refractivity contribution in [2.24, 2.45) is 0 Å². The first-order chi connectivity index (χ1) is 8.17. The highest BCUT2D eigenvalue weighted by Gasteiger charge is 2.21. The summed E-state index contributed by atoms with van der Waals surface area (Å²) < 4.78 is 18.7. The molecule has 0 aromatic heterocycles. The number of ether oxygens (including phenoxy) is 1. The molecule has 2 rings (SSSR count). The first-order valence-corrected chi connectivity index (χ1v) is 5.61. The number of halogens is 1. The van der Waals surface area contributed by atoms with Gasteiger partial charge in [-0.05, 0) is 25.0 Å². The summed E-state index contributed by atoms with van der Waals surface area (Å²) in [5, 5.41) is 0. The Hall–Kier alpha value is -1.71. The Bertz CT molecular complexity index is 442. The van der Waals surface area contributed by atoms with Crippen LogP contribution in [0.4, 0.5) is 4.39 Å². The second kappa shape index (κ2) is 5.08. The predicted molar refractivity (Wildman–Crippen MR) is 59.7 cm³/mol. The van der Waals surface area contributed by atoms with Gasteiger partial charge in [0.2, 0.25) is 0 Å². The Morgan fingerprint density at radius 1 is 1.35 bits per heavy atom. The molecule has 3 nitrogen and oxygen atoms in total. The van der Waals surface area contributed by atoms with E-state index in [1.807, 2.05) is 0 Å². The van der Waals surface area contributed by atoms with Crippen molar-refractivity contribution >= 4 is 12.1 Å². The van der Waals surface area contributed by atoms with Gasteiger partial charge in [0.15, 0.2) is 0 Å². The zero-order chi connectivity index (χ0) is 12.3. The molecule has 1 saturated carbocycles. The fraction of sp³-hybridized carbons (Fsp3) is 0.385. The van der Waals surface area contributed by atoms with E-state index in [9.17, 15) is 14.0 Å². The summed E-state index contributed by atoms with van der Waals surface area (Å²) in [6.45, 7) is 0. The zero-order valence-corrected chi connectivity index (χ0v) is 9.32. The van der Waals surface area contributed by atoms with Crippen LogP contribution in [0.3, 0.4) is 0 Å². The van der Waals surface area contributed by atoms with Gasteiger partial charge in [-0.1, -0.05) is 0 Å². The molecule has 17 heavy (non-hydrogen) atoms. The number of hydrogen-bond donors (Lipinski definition) is 0. The van der Waals surface area contributed by atoms with Crippen LogP contribution < -0.4 is 4.74 Å². The summed E-state index contributed by atoms with van der Waals surface area (Å²) in [7, 11) is 0. The monoisotopic (exact) mass is 236 g/mol. The highest BCUT2D eigenvalue weighted by molar-refractivity contribution is 5.79. The van der Waals surface area contributed by atoms with E-state index in [4.69, 9.17) is 4.74 Å². The third-order valence-electron chi connectivity index (χ3n) is 2.77. The maximum absolute atomic E-state index is 13.1. The molecule has 0 heterocycles. The Balaban J connectivity index is 2.09.